The third kappa shape index (κ3) is 3.10. The molecule has 1 aliphatic rings. The van der Waals surface area contributed by atoms with Crippen LogP contribution in [0.25, 0.3) is 0 Å². The predicted molar refractivity (Wildman–Crippen MR) is 77.1 cm³/mol. The summed E-state index contributed by atoms with van der Waals surface area (Å²) in [6.45, 7) is 8.23. The topological polar surface area (TPSA) is 65.4 Å². The molecule has 1 amide bonds. The smallest absolute Gasteiger partial charge is 0.270 e. The number of likely N-dealkylation sites (tertiary alicyclic amines) is 1. The van der Waals surface area contributed by atoms with Crippen LogP contribution < -0.4 is 5.73 Å². The Labute approximate surface area is 114 Å². The van der Waals surface area contributed by atoms with Gasteiger partial charge in [-0.1, -0.05) is 13.8 Å². The first-order valence-electron chi connectivity index (χ1n) is 7.12. The van der Waals surface area contributed by atoms with E-state index in [0.717, 1.165) is 39.0 Å². The molecule has 1 aliphatic heterocycles. The number of hydrogen-bond donors (Lipinski definition) is 2. The van der Waals surface area contributed by atoms with Gasteiger partial charge in [-0.25, -0.2) is 0 Å². The van der Waals surface area contributed by atoms with E-state index in [0.29, 0.717) is 17.4 Å². The van der Waals surface area contributed by atoms with Crippen molar-refractivity contribution in [2.45, 2.75) is 32.7 Å². The number of carbonyl (C=O) groups excluding carboxylic acids is 1. The quantitative estimate of drug-likeness (QED) is 0.867. The fourth-order valence-corrected chi connectivity index (χ4v) is 2.88. The van der Waals surface area contributed by atoms with E-state index in [4.69, 9.17) is 5.73 Å². The number of aromatic nitrogens is 1. The van der Waals surface area contributed by atoms with E-state index in [1.165, 1.54) is 0 Å². The zero-order valence-corrected chi connectivity index (χ0v) is 11.9. The lowest BCUT2D eigenvalue weighted by Crippen LogP contribution is -2.46. The van der Waals surface area contributed by atoms with Gasteiger partial charge in [0.25, 0.3) is 5.91 Å². The minimum absolute atomic E-state index is 0.0645. The zero-order valence-electron chi connectivity index (χ0n) is 11.9. The van der Waals surface area contributed by atoms with E-state index in [-0.39, 0.29) is 5.91 Å². The fraction of sp³-hybridized carbons (Fsp3) is 0.643. The maximum atomic E-state index is 12.3. The monoisotopic (exact) mass is 264 g/mol. The summed E-state index contributed by atoms with van der Waals surface area (Å²) >= 11 is 0. The molecule has 1 saturated heterocycles. The molecule has 0 aliphatic carbocycles. The third-order valence-electron chi connectivity index (χ3n) is 4.02. The van der Waals surface area contributed by atoms with Crippen molar-refractivity contribution in [2.75, 3.05) is 31.9 Å². The minimum Gasteiger partial charge on any atom is -0.397 e. The number of nitrogen functional groups attached to an aromatic ring is 1. The summed E-state index contributed by atoms with van der Waals surface area (Å²) in [7, 11) is 0. The van der Waals surface area contributed by atoms with Crippen molar-refractivity contribution in [1.82, 2.24) is 14.8 Å². The van der Waals surface area contributed by atoms with E-state index >= 15 is 0 Å². The lowest BCUT2D eigenvalue weighted by atomic mass is 10.0. The lowest BCUT2D eigenvalue weighted by Gasteiger charge is -2.37. The van der Waals surface area contributed by atoms with Gasteiger partial charge in [0.15, 0.2) is 0 Å². The molecule has 0 atom stereocenters. The Kier molecular flexibility index (Phi) is 4.47. The molecule has 1 aromatic rings. The summed E-state index contributed by atoms with van der Waals surface area (Å²) in [5.41, 5.74) is 6.84. The Hall–Kier alpha value is -1.49. The highest BCUT2D eigenvalue weighted by Crippen LogP contribution is 2.18. The normalized spacial score (nSPS) is 17.1. The van der Waals surface area contributed by atoms with Gasteiger partial charge in [-0.05, 0) is 32.0 Å². The number of nitrogens with one attached hydrogen (secondary N) is 1. The number of aromatic amines is 1. The second-order valence-electron chi connectivity index (χ2n) is 5.09. The van der Waals surface area contributed by atoms with Crippen LogP contribution in [-0.4, -0.2) is 52.9 Å². The summed E-state index contributed by atoms with van der Waals surface area (Å²) < 4.78 is 0. The molecule has 106 valence electrons. The molecule has 0 bridgehead atoms. The maximum absolute atomic E-state index is 12.3. The van der Waals surface area contributed by atoms with Crippen LogP contribution in [0, 0.1) is 0 Å². The Morgan fingerprint density at radius 2 is 2.05 bits per heavy atom. The molecule has 0 spiro atoms. The van der Waals surface area contributed by atoms with Crippen molar-refractivity contribution in [1.29, 1.82) is 0 Å². The standard InChI is InChI=1S/C14H24N4O/c1-3-17(4-2)12-5-7-18(8-6-12)14(19)13-9-11(15)10-16-13/h9-10,12,16H,3-8,15H2,1-2H3. The van der Waals surface area contributed by atoms with Crippen LogP contribution in [0.4, 0.5) is 5.69 Å². The first-order chi connectivity index (χ1) is 9.15. The molecule has 2 rings (SSSR count). The average Bonchev–Trinajstić information content (AvgIpc) is 2.87. The Morgan fingerprint density at radius 3 is 2.53 bits per heavy atom. The predicted octanol–water partition coefficient (Wildman–Crippen LogP) is 1.54. The molecular formula is C14H24N4O. The minimum atomic E-state index is 0.0645. The van der Waals surface area contributed by atoms with Gasteiger partial charge in [-0.3, -0.25) is 4.79 Å². The van der Waals surface area contributed by atoms with Gasteiger partial charge in [0.1, 0.15) is 5.69 Å². The summed E-state index contributed by atoms with van der Waals surface area (Å²) in [5, 5.41) is 0. The van der Waals surface area contributed by atoms with Gasteiger partial charge < -0.3 is 20.5 Å². The van der Waals surface area contributed by atoms with E-state index in [9.17, 15) is 4.79 Å². The number of nitrogens with zero attached hydrogens (tertiary/aromatic N) is 2. The summed E-state index contributed by atoms with van der Waals surface area (Å²) in [6, 6.07) is 2.33. The fourth-order valence-electron chi connectivity index (χ4n) is 2.88. The highest BCUT2D eigenvalue weighted by molar-refractivity contribution is 5.93. The van der Waals surface area contributed by atoms with Crippen LogP contribution in [0.2, 0.25) is 0 Å². The van der Waals surface area contributed by atoms with E-state index in [1.807, 2.05) is 4.90 Å². The van der Waals surface area contributed by atoms with Gasteiger partial charge in [0, 0.05) is 31.0 Å². The van der Waals surface area contributed by atoms with Gasteiger partial charge in [-0.2, -0.15) is 0 Å². The van der Waals surface area contributed by atoms with Gasteiger partial charge in [0.2, 0.25) is 0 Å². The van der Waals surface area contributed by atoms with Gasteiger partial charge in [0.05, 0.1) is 0 Å². The van der Waals surface area contributed by atoms with Gasteiger partial charge in [-0.15, -0.1) is 0 Å². The number of piperidine rings is 1. The number of anilines is 1. The summed E-state index contributed by atoms with van der Waals surface area (Å²) in [5.74, 6) is 0.0645. The Bertz CT molecular complexity index is 417. The maximum Gasteiger partial charge on any atom is 0.270 e. The highest BCUT2D eigenvalue weighted by atomic mass is 16.2. The molecule has 19 heavy (non-hydrogen) atoms. The van der Waals surface area contributed by atoms with Crippen molar-refractivity contribution >= 4 is 11.6 Å². The molecule has 1 aromatic heterocycles. The average molecular weight is 264 g/mol. The van der Waals surface area contributed by atoms with Crippen LogP contribution in [0.5, 0.6) is 0 Å². The number of hydrogen-bond acceptors (Lipinski definition) is 3. The molecule has 3 N–H and O–H groups in total. The SMILES string of the molecule is CCN(CC)C1CCN(C(=O)c2cc(N)c[nH]2)CC1. The summed E-state index contributed by atoms with van der Waals surface area (Å²) in [6.07, 6.45) is 3.78. The molecule has 0 saturated carbocycles. The number of rotatable bonds is 4. The number of carbonyl (C=O) groups is 1. The third-order valence-corrected chi connectivity index (χ3v) is 4.02. The number of H-pyrrole nitrogens is 1. The second-order valence-corrected chi connectivity index (χ2v) is 5.09. The van der Waals surface area contributed by atoms with E-state index < -0.39 is 0 Å². The van der Waals surface area contributed by atoms with Crippen LogP contribution in [0.15, 0.2) is 12.3 Å². The van der Waals surface area contributed by atoms with E-state index in [1.54, 1.807) is 12.3 Å². The van der Waals surface area contributed by atoms with Crippen LogP contribution in [0.3, 0.4) is 0 Å². The molecule has 5 heteroatoms. The van der Waals surface area contributed by atoms with Crippen molar-refractivity contribution in [3.8, 4) is 0 Å². The molecule has 5 nitrogen and oxygen atoms in total. The largest absolute Gasteiger partial charge is 0.397 e. The highest BCUT2D eigenvalue weighted by Gasteiger charge is 2.26. The zero-order chi connectivity index (χ0) is 13.8. The van der Waals surface area contributed by atoms with Gasteiger partial charge >= 0.3 is 0 Å². The molecule has 2 heterocycles. The van der Waals surface area contributed by atoms with Crippen molar-refractivity contribution in [3.63, 3.8) is 0 Å². The van der Waals surface area contributed by atoms with Crippen LogP contribution >= 0.6 is 0 Å². The molecule has 0 unspecified atom stereocenters. The molecule has 1 fully saturated rings. The second kappa shape index (κ2) is 6.10. The Balaban J connectivity index is 1.91. The lowest BCUT2D eigenvalue weighted by molar-refractivity contribution is 0.0626. The first-order valence-corrected chi connectivity index (χ1v) is 7.12. The van der Waals surface area contributed by atoms with Crippen LogP contribution in [0.1, 0.15) is 37.2 Å². The number of amides is 1. The first kappa shape index (κ1) is 13.9. The van der Waals surface area contributed by atoms with Crippen molar-refractivity contribution in [2.24, 2.45) is 0 Å². The van der Waals surface area contributed by atoms with Crippen LogP contribution in [-0.2, 0) is 0 Å². The molecular weight excluding hydrogens is 240 g/mol. The van der Waals surface area contributed by atoms with Crippen molar-refractivity contribution in [3.05, 3.63) is 18.0 Å². The van der Waals surface area contributed by atoms with E-state index in [2.05, 4.69) is 23.7 Å². The van der Waals surface area contributed by atoms with Crippen molar-refractivity contribution < 1.29 is 4.79 Å². The summed E-state index contributed by atoms with van der Waals surface area (Å²) in [4.78, 5) is 19.6. The Morgan fingerprint density at radius 1 is 1.42 bits per heavy atom. The molecule has 0 radical (unpaired) electrons. The number of nitrogens with two attached hydrogens (primary N) is 1. The molecule has 0 aromatic carbocycles.